The van der Waals surface area contributed by atoms with Gasteiger partial charge in [0, 0.05) is 12.6 Å². The van der Waals surface area contributed by atoms with Crippen LogP contribution in [0, 0.1) is 5.92 Å². The third-order valence-corrected chi connectivity index (χ3v) is 6.08. The van der Waals surface area contributed by atoms with E-state index in [1.165, 1.54) is 109 Å². The highest BCUT2D eigenvalue weighted by molar-refractivity contribution is 5.87. The van der Waals surface area contributed by atoms with Gasteiger partial charge in [0.2, 0.25) is 12.3 Å². The van der Waals surface area contributed by atoms with Crippen molar-refractivity contribution < 1.29 is 9.59 Å². The van der Waals surface area contributed by atoms with Gasteiger partial charge in [0.15, 0.2) is 0 Å². The average molecular weight is 378 g/mol. The number of carbonyl (C=O) groups is 2. The van der Waals surface area contributed by atoms with Crippen molar-refractivity contribution in [2.75, 3.05) is 0 Å². The molecular formula is C24H43NO2. The number of rotatable bonds is 17. The summed E-state index contributed by atoms with van der Waals surface area (Å²) in [5, 5.41) is 0. The number of carbonyl (C=O) groups excluding carboxylic acids is 2. The minimum atomic E-state index is -0.140. The first kappa shape index (κ1) is 23.9. The fourth-order valence-electron chi connectivity index (χ4n) is 4.29. The Kier molecular flexibility index (Phi) is 15.1. The highest BCUT2D eigenvalue weighted by atomic mass is 16.2. The lowest BCUT2D eigenvalue weighted by atomic mass is 9.85. The summed E-state index contributed by atoms with van der Waals surface area (Å²) < 4.78 is 0. The molecule has 0 aromatic carbocycles. The number of imide groups is 1. The van der Waals surface area contributed by atoms with Gasteiger partial charge in [-0.3, -0.25) is 14.5 Å². The third-order valence-electron chi connectivity index (χ3n) is 6.08. The Balaban J connectivity index is 1.75. The van der Waals surface area contributed by atoms with Crippen LogP contribution in [0.2, 0.25) is 0 Å². The molecule has 1 aliphatic carbocycles. The van der Waals surface area contributed by atoms with E-state index in [2.05, 4.69) is 6.58 Å². The van der Waals surface area contributed by atoms with Gasteiger partial charge in [0.05, 0.1) is 0 Å². The van der Waals surface area contributed by atoms with Gasteiger partial charge in [-0.2, -0.15) is 0 Å². The van der Waals surface area contributed by atoms with E-state index in [0.29, 0.717) is 12.8 Å². The molecule has 0 bridgehead atoms. The standard InChI is InChI=1S/C24H43NO2/c1-2-25(22-26)24(27)21-17-12-10-8-6-4-3-5-7-9-11-14-18-23-19-15-13-16-20-23/h2,22-23H,1,3-21H2. The molecule has 2 amide bonds. The minimum absolute atomic E-state index is 0.140. The molecule has 1 saturated carbocycles. The maximum Gasteiger partial charge on any atom is 0.233 e. The summed E-state index contributed by atoms with van der Waals surface area (Å²) in [7, 11) is 0. The molecule has 3 nitrogen and oxygen atoms in total. The van der Waals surface area contributed by atoms with Crippen molar-refractivity contribution in [1.82, 2.24) is 4.90 Å². The average Bonchev–Trinajstić information content (AvgIpc) is 2.70. The fraction of sp³-hybridized carbons (Fsp3) is 0.833. The number of hydrogen-bond acceptors (Lipinski definition) is 2. The summed E-state index contributed by atoms with van der Waals surface area (Å²) >= 11 is 0. The van der Waals surface area contributed by atoms with Crippen LogP contribution in [0.25, 0.3) is 0 Å². The first-order valence-corrected chi connectivity index (χ1v) is 11.7. The lowest BCUT2D eigenvalue weighted by Gasteiger charge is -2.21. The molecule has 1 aliphatic rings. The molecule has 0 N–H and O–H groups in total. The SMILES string of the molecule is C=CN(C=O)C(=O)CCCCCCCCCCCCCCC1CCCCC1. The predicted octanol–water partition coefficient (Wildman–Crippen LogP) is 7.16. The Morgan fingerprint density at radius 1 is 0.778 bits per heavy atom. The summed E-state index contributed by atoms with van der Waals surface area (Å²) in [6.45, 7) is 3.46. The van der Waals surface area contributed by atoms with Crippen LogP contribution in [0.4, 0.5) is 0 Å². The zero-order valence-corrected chi connectivity index (χ0v) is 17.6. The van der Waals surface area contributed by atoms with E-state index < -0.39 is 0 Å². The van der Waals surface area contributed by atoms with Crippen molar-refractivity contribution in [3.05, 3.63) is 12.8 Å². The van der Waals surface area contributed by atoms with Gasteiger partial charge in [0.25, 0.3) is 0 Å². The summed E-state index contributed by atoms with van der Waals surface area (Å²) in [4.78, 5) is 23.3. The minimum Gasteiger partial charge on any atom is -0.278 e. The van der Waals surface area contributed by atoms with E-state index in [1.807, 2.05) is 0 Å². The van der Waals surface area contributed by atoms with Crippen LogP contribution in [-0.4, -0.2) is 17.2 Å². The van der Waals surface area contributed by atoms with Crippen molar-refractivity contribution in [2.45, 2.75) is 122 Å². The van der Waals surface area contributed by atoms with E-state index in [1.54, 1.807) is 0 Å². The number of nitrogens with zero attached hydrogens (tertiary/aromatic N) is 1. The van der Waals surface area contributed by atoms with Gasteiger partial charge < -0.3 is 0 Å². The zero-order valence-electron chi connectivity index (χ0n) is 17.6. The van der Waals surface area contributed by atoms with Crippen LogP contribution in [0.3, 0.4) is 0 Å². The predicted molar refractivity (Wildman–Crippen MR) is 114 cm³/mol. The monoisotopic (exact) mass is 377 g/mol. The fourth-order valence-corrected chi connectivity index (χ4v) is 4.29. The van der Waals surface area contributed by atoms with Gasteiger partial charge in [-0.1, -0.05) is 116 Å². The van der Waals surface area contributed by atoms with Crippen molar-refractivity contribution in [1.29, 1.82) is 0 Å². The van der Waals surface area contributed by atoms with Crippen molar-refractivity contribution in [2.24, 2.45) is 5.92 Å². The van der Waals surface area contributed by atoms with Gasteiger partial charge in [-0.25, -0.2) is 0 Å². The highest BCUT2D eigenvalue weighted by Gasteiger charge is 2.12. The molecule has 1 rings (SSSR count). The van der Waals surface area contributed by atoms with Gasteiger partial charge in [-0.15, -0.1) is 0 Å². The van der Waals surface area contributed by atoms with Crippen LogP contribution < -0.4 is 0 Å². The summed E-state index contributed by atoms with van der Waals surface area (Å²) in [5.41, 5.74) is 0. The Hall–Kier alpha value is -1.12. The Morgan fingerprint density at radius 2 is 1.26 bits per heavy atom. The quantitative estimate of drug-likeness (QED) is 0.199. The lowest BCUT2D eigenvalue weighted by Crippen LogP contribution is -2.23. The third kappa shape index (κ3) is 12.8. The molecule has 3 heteroatoms. The van der Waals surface area contributed by atoms with Gasteiger partial charge in [0.1, 0.15) is 0 Å². The Labute approximate surface area is 168 Å². The summed E-state index contributed by atoms with van der Waals surface area (Å²) in [6.07, 6.45) is 26.9. The van der Waals surface area contributed by atoms with E-state index in [-0.39, 0.29) is 5.91 Å². The molecule has 27 heavy (non-hydrogen) atoms. The maximum atomic E-state index is 11.6. The molecule has 0 radical (unpaired) electrons. The van der Waals surface area contributed by atoms with Crippen LogP contribution in [0.5, 0.6) is 0 Å². The van der Waals surface area contributed by atoms with Crippen LogP contribution in [0.1, 0.15) is 122 Å². The molecule has 0 saturated heterocycles. The van der Waals surface area contributed by atoms with Crippen molar-refractivity contribution >= 4 is 12.3 Å². The Morgan fingerprint density at radius 3 is 1.74 bits per heavy atom. The summed E-state index contributed by atoms with van der Waals surface area (Å²) in [5.74, 6) is 0.918. The van der Waals surface area contributed by atoms with Crippen LogP contribution in [0.15, 0.2) is 12.8 Å². The van der Waals surface area contributed by atoms with E-state index in [4.69, 9.17) is 0 Å². The molecule has 0 unspecified atom stereocenters. The van der Waals surface area contributed by atoms with E-state index in [0.717, 1.165) is 23.7 Å². The second kappa shape index (κ2) is 17.0. The molecule has 0 atom stereocenters. The van der Waals surface area contributed by atoms with Crippen LogP contribution >= 0.6 is 0 Å². The number of amides is 2. The smallest absolute Gasteiger partial charge is 0.233 e. The largest absolute Gasteiger partial charge is 0.278 e. The Bertz CT molecular complexity index is 380. The highest BCUT2D eigenvalue weighted by Crippen LogP contribution is 2.28. The second-order valence-corrected chi connectivity index (χ2v) is 8.37. The molecule has 0 heterocycles. The normalized spacial score (nSPS) is 14.8. The molecule has 1 fully saturated rings. The molecule has 156 valence electrons. The molecule has 0 aromatic rings. The molecular weight excluding hydrogens is 334 g/mol. The van der Waals surface area contributed by atoms with Crippen molar-refractivity contribution in [3.8, 4) is 0 Å². The van der Waals surface area contributed by atoms with Gasteiger partial charge >= 0.3 is 0 Å². The van der Waals surface area contributed by atoms with E-state index in [9.17, 15) is 9.59 Å². The van der Waals surface area contributed by atoms with Crippen LogP contribution in [-0.2, 0) is 9.59 Å². The number of unbranched alkanes of at least 4 members (excludes halogenated alkanes) is 11. The molecule has 0 aliphatic heterocycles. The van der Waals surface area contributed by atoms with Crippen molar-refractivity contribution in [3.63, 3.8) is 0 Å². The summed E-state index contributed by atoms with van der Waals surface area (Å²) in [6, 6.07) is 0. The van der Waals surface area contributed by atoms with E-state index >= 15 is 0 Å². The molecule has 0 spiro atoms. The first-order chi connectivity index (χ1) is 13.3. The lowest BCUT2D eigenvalue weighted by molar-refractivity contribution is -0.135. The van der Waals surface area contributed by atoms with Gasteiger partial charge in [-0.05, 0) is 12.3 Å². The molecule has 0 aromatic heterocycles. The topological polar surface area (TPSA) is 37.4 Å². The second-order valence-electron chi connectivity index (χ2n) is 8.37. The first-order valence-electron chi connectivity index (χ1n) is 11.7. The number of hydrogen-bond donors (Lipinski definition) is 0. The zero-order chi connectivity index (χ0) is 19.6. The maximum absolute atomic E-state index is 11.6.